The van der Waals surface area contributed by atoms with E-state index < -0.39 is 0 Å². The summed E-state index contributed by atoms with van der Waals surface area (Å²) in [5.41, 5.74) is 11.1. The summed E-state index contributed by atoms with van der Waals surface area (Å²) in [6.07, 6.45) is 0. The first-order valence-corrected chi connectivity index (χ1v) is 17.2. The zero-order valence-corrected chi connectivity index (χ0v) is 27.6. The van der Waals surface area contributed by atoms with Gasteiger partial charge in [-0.3, -0.25) is 0 Å². The zero-order chi connectivity index (χ0) is 33.7. The van der Waals surface area contributed by atoms with Gasteiger partial charge in [-0.25, -0.2) is 9.97 Å². The van der Waals surface area contributed by atoms with Gasteiger partial charge in [-0.1, -0.05) is 140 Å². The van der Waals surface area contributed by atoms with E-state index >= 15 is 0 Å². The predicted molar refractivity (Wildman–Crippen MR) is 212 cm³/mol. The lowest BCUT2D eigenvalue weighted by Crippen LogP contribution is -1.96. The lowest BCUT2D eigenvalue weighted by atomic mass is 9.89. The lowest BCUT2D eigenvalue weighted by Gasteiger charge is -2.16. The molecule has 0 unspecified atom stereocenters. The maximum atomic E-state index is 6.59. The maximum absolute atomic E-state index is 6.59. The van der Waals surface area contributed by atoms with Gasteiger partial charge in [0.1, 0.15) is 11.2 Å². The van der Waals surface area contributed by atoms with Gasteiger partial charge in [0.05, 0.1) is 11.4 Å². The van der Waals surface area contributed by atoms with Crippen LogP contribution in [0.4, 0.5) is 0 Å². The molecule has 0 aliphatic rings. The van der Waals surface area contributed by atoms with Gasteiger partial charge in [0.15, 0.2) is 5.82 Å². The fourth-order valence-corrected chi connectivity index (χ4v) is 7.40. The Kier molecular flexibility index (Phi) is 6.81. The van der Waals surface area contributed by atoms with Crippen molar-refractivity contribution in [3.63, 3.8) is 0 Å². The van der Waals surface area contributed by atoms with Crippen molar-refractivity contribution in [1.82, 2.24) is 9.97 Å². The van der Waals surface area contributed by atoms with E-state index in [0.717, 1.165) is 77.7 Å². The third-order valence-electron chi connectivity index (χ3n) is 9.84. The van der Waals surface area contributed by atoms with Crippen molar-refractivity contribution in [1.29, 1.82) is 0 Å². The number of hydrogen-bond donors (Lipinski definition) is 0. The van der Waals surface area contributed by atoms with E-state index in [1.165, 1.54) is 16.2 Å². The standard InChI is InChI=1S/C48H30N2O/c1-4-14-31(15-5-1)35-26-36(28-37(27-35)44-30-43(33-17-6-2-7-18-33)49-48(50-44)34-19-8-3-9-20-34)41-29-42-39-22-12-13-23-45(39)51-47(42)40-25-24-32-16-10-11-21-38(32)46(40)41/h1-30H. The fourth-order valence-electron chi connectivity index (χ4n) is 7.40. The van der Waals surface area contributed by atoms with Crippen LogP contribution in [0.3, 0.4) is 0 Å². The maximum Gasteiger partial charge on any atom is 0.160 e. The van der Waals surface area contributed by atoms with E-state index in [4.69, 9.17) is 14.4 Å². The summed E-state index contributed by atoms with van der Waals surface area (Å²) in [5, 5.41) is 6.88. The number of furan rings is 1. The van der Waals surface area contributed by atoms with Crippen LogP contribution in [0.5, 0.6) is 0 Å². The van der Waals surface area contributed by atoms with Crippen molar-refractivity contribution in [3.8, 4) is 56.2 Å². The third-order valence-corrected chi connectivity index (χ3v) is 9.84. The molecule has 0 N–H and O–H groups in total. The topological polar surface area (TPSA) is 38.9 Å². The minimum atomic E-state index is 0.696. The van der Waals surface area contributed by atoms with Crippen LogP contribution < -0.4 is 0 Å². The molecule has 3 nitrogen and oxygen atoms in total. The van der Waals surface area contributed by atoms with Gasteiger partial charge in [-0.2, -0.15) is 0 Å². The van der Waals surface area contributed by atoms with Crippen LogP contribution in [-0.4, -0.2) is 9.97 Å². The summed E-state index contributed by atoms with van der Waals surface area (Å²) in [4.78, 5) is 10.3. The average molecular weight is 651 g/mol. The molecule has 3 heteroatoms. The highest BCUT2D eigenvalue weighted by Crippen LogP contribution is 2.44. The van der Waals surface area contributed by atoms with Crippen LogP contribution in [0.1, 0.15) is 0 Å². The number of benzene rings is 8. The minimum absolute atomic E-state index is 0.696. The number of rotatable bonds is 5. The second-order valence-corrected chi connectivity index (χ2v) is 13.0. The highest BCUT2D eigenvalue weighted by atomic mass is 16.3. The van der Waals surface area contributed by atoms with E-state index in [2.05, 4.69) is 152 Å². The molecule has 51 heavy (non-hydrogen) atoms. The fraction of sp³-hybridized carbons (Fsp3) is 0. The Labute approximate surface area is 295 Å². The van der Waals surface area contributed by atoms with Crippen LogP contribution in [0.15, 0.2) is 186 Å². The molecule has 10 rings (SSSR count). The Morgan fingerprint density at radius 2 is 0.941 bits per heavy atom. The molecule has 0 saturated heterocycles. The molecule has 0 aliphatic heterocycles. The predicted octanol–water partition coefficient (Wildman–Crippen LogP) is 13.0. The molecule has 0 spiro atoms. The second-order valence-electron chi connectivity index (χ2n) is 13.0. The number of hydrogen-bond acceptors (Lipinski definition) is 3. The molecule has 0 saturated carbocycles. The molecule has 0 aliphatic carbocycles. The molecule has 2 aromatic heterocycles. The molecule has 10 aromatic rings. The Hall–Kier alpha value is -6.84. The Bertz CT molecular complexity index is 2840. The molecule has 2 heterocycles. The molecule has 0 atom stereocenters. The van der Waals surface area contributed by atoms with E-state index in [1.54, 1.807) is 0 Å². The van der Waals surface area contributed by atoms with Crippen molar-refractivity contribution in [2.24, 2.45) is 0 Å². The number of nitrogens with zero attached hydrogens (tertiary/aromatic N) is 2. The van der Waals surface area contributed by atoms with Gasteiger partial charge >= 0.3 is 0 Å². The molecule has 0 bridgehead atoms. The molecular weight excluding hydrogens is 621 g/mol. The van der Waals surface area contributed by atoms with Crippen LogP contribution in [-0.2, 0) is 0 Å². The molecule has 238 valence electrons. The molecule has 0 amide bonds. The van der Waals surface area contributed by atoms with Crippen molar-refractivity contribution in [3.05, 3.63) is 182 Å². The summed E-state index contributed by atoms with van der Waals surface area (Å²) in [7, 11) is 0. The van der Waals surface area contributed by atoms with E-state index in [0.29, 0.717) is 5.82 Å². The third kappa shape index (κ3) is 5.06. The van der Waals surface area contributed by atoms with Gasteiger partial charge in [0.25, 0.3) is 0 Å². The zero-order valence-electron chi connectivity index (χ0n) is 27.6. The highest BCUT2D eigenvalue weighted by molar-refractivity contribution is 6.25. The van der Waals surface area contributed by atoms with Gasteiger partial charge in [-0.05, 0) is 75.5 Å². The quantitative estimate of drug-likeness (QED) is 0.174. The van der Waals surface area contributed by atoms with Gasteiger partial charge in [0.2, 0.25) is 0 Å². The monoisotopic (exact) mass is 650 g/mol. The average Bonchev–Trinajstić information content (AvgIpc) is 3.60. The van der Waals surface area contributed by atoms with Crippen molar-refractivity contribution in [2.75, 3.05) is 0 Å². The molecule has 8 aromatic carbocycles. The number of aromatic nitrogens is 2. The Morgan fingerprint density at radius 3 is 1.71 bits per heavy atom. The van der Waals surface area contributed by atoms with Crippen molar-refractivity contribution in [2.45, 2.75) is 0 Å². The summed E-state index contributed by atoms with van der Waals surface area (Å²) in [6.45, 7) is 0. The Balaban J connectivity index is 1.30. The first kappa shape index (κ1) is 29.1. The largest absolute Gasteiger partial charge is 0.455 e. The summed E-state index contributed by atoms with van der Waals surface area (Å²) < 4.78 is 6.59. The van der Waals surface area contributed by atoms with E-state index in [9.17, 15) is 0 Å². The number of fused-ring (bicyclic) bond motifs is 7. The van der Waals surface area contributed by atoms with Crippen molar-refractivity contribution < 1.29 is 4.42 Å². The summed E-state index contributed by atoms with van der Waals surface area (Å²) in [5.74, 6) is 0.696. The molecular formula is C48H30N2O. The van der Waals surface area contributed by atoms with E-state index in [-0.39, 0.29) is 0 Å². The lowest BCUT2D eigenvalue weighted by molar-refractivity contribution is 0.673. The molecule has 0 radical (unpaired) electrons. The SMILES string of the molecule is c1ccc(-c2cc(-c3cc(-c4ccccc4)nc(-c4ccccc4)n3)cc(-c3cc4c5ccccc5oc4c4ccc5ccccc5c34)c2)cc1. The smallest absolute Gasteiger partial charge is 0.160 e. The first-order chi connectivity index (χ1) is 25.3. The highest BCUT2D eigenvalue weighted by Gasteiger charge is 2.19. The van der Waals surface area contributed by atoms with Crippen molar-refractivity contribution >= 4 is 43.5 Å². The van der Waals surface area contributed by atoms with Gasteiger partial charge < -0.3 is 4.42 Å². The van der Waals surface area contributed by atoms with Crippen LogP contribution in [0, 0.1) is 0 Å². The van der Waals surface area contributed by atoms with Crippen LogP contribution in [0.25, 0.3) is 99.6 Å². The first-order valence-electron chi connectivity index (χ1n) is 17.2. The van der Waals surface area contributed by atoms with Crippen LogP contribution in [0.2, 0.25) is 0 Å². The normalized spacial score (nSPS) is 11.5. The van der Waals surface area contributed by atoms with E-state index in [1.807, 2.05) is 30.3 Å². The summed E-state index contributed by atoms with van der Waals surface area (Å²) >= 11 is 0. The van der Waals surface area contributed by atoms with Gasteiger partial charge in [-0.15, -0.1) is 0 Å². The number of para-hydroxylation sites is 1. The molecule has 0 fully saturated rings. The Morgan fingerprint density at radius 1 is 0.353 bits per heavy atom. The minimum Gasteiger partial charge on any atom is -0.455 e. The summed E-state index contributed by atoms with van der Waals surface area (Å²) in [6, 6.07) is 63.9. The second kappa shape index (κ2) is 11.9. The van der Waals surface area contributed by atoms with Crippen LogP contribution >= 0.6 is 0 Å². The van der Waals surface area contributed by atoms with Gasteiger partial charge in [0, 0.05) is 38.2 Å².